The summed E-state index contributed by atoms with van der Waals surface area (Å²) in [5, 5.41) is 0. The molecule has 2 atom stereocenters. The fourth-order valence-electron chi connectivity index (χ4n) is 3.91. The summed E-state index contributed by atoms with van der Waals surface area (Å²) in [6.07, 6.45) is 2.31. The average Bonchev–Trinajstić information content (AvgIpc) is 2.42. The first kappa shape index (κ1) is 19.6. The topological polar surface area (TPSA) is 55.6 Å². The molecule has 0 aromatic heterocycles. The Kier molecular flexibility index (Phi) is 8.00. The first-order chi connectivity index (χ1) is 10.0. The lowest BCUT2D eigenvalue weighted by atomic mass is 9.65. The third-order valence-electron chi connectivity index (χ3n) is 5.00. The Balaban J connectivity index is 0.00000242. The predicted octanol–water partition coefficient (Wildman–Crippen LogP) is 2.30. The maximum Gasteiger partial charge on any atom is 0.255 e. The van der Waals surface area contributed by atoms with Crippen LogP contribution >= 0.6 is 12.4 Å². The number of nitrogens with zero attached hydrogens (tertiary/aromatic N) is 1. The maximum atomic E-state index is 12.7. The lowest BCUT2D eigenvalue weighted by Gasteiger charge is -2.44. The maximum absolute atomic E-state index is 12.7. The van der Waals surface area contributed by atoms with E-state index in [0.29, 0.717) is 11.8 Å². The highest BCUT2D eigenvalue weighted by Crippen LogP contribution is 2.42. The van der Waals surface area contributed by atoms with Crippen molar-refractivity contribution in [1.82, 2.24) is 4.90 Å². The molecule has 4 nitrogen and oxygen atoms in total. The van der Waals surface area contributed by atoms with Gasteiger partial charge >= 0.3 is 0 Å². The van der Waals surface area contributed by atoms with E-state index in [-0.39, 0.29) is 43.4 Å². The van der Waals surface area contributed by atoms with Crippen molar-refractivity contribution in [3.8, 4) is 0 Å². The van der Waals surface area contributed by atoms with E-state index < -0.39 is 13.0 Å². The van der Waals surface area contributed by atoms with Crippen molar-refractivity contribution in [2.24, 2.45) is 23.5 Å². The van der Waals surface area contributed by atoms with E-state index in [1.165, 1.54) is 18.4 Å². The van der Waals surface area contributed by atoms with Crippen LogP contribution in [0.1, 0.15) is 32.1 Å². The first-order valence-electron chi connectivity index (χ1n) is 7.84. The van der Waals surface area contributed by atoms with Gasteiger partial charge in [0.25, 0.3) is 6.43 Å². The Morgan fingerprint density at radius 3 is 2.41 bits per heavy atom. The van der Waals surface area contributed by atoms with Crippen molar-refractivity contribution >= 4 is 18.3 Å². The summed E-state index contributed by atoms with van der Waals surface area (Å²) in [6.45, 7) is 0.0230. The second kappa shape index (κ2) is 8.99. The molecule has 0 saturated heterocycles. The van der Waals surface area contributed by atoms with Gasteiger partial charge < -0.3 is 15.4 Å². The van der Waals surface area contributed by atoms with Crippen LogP contribution < -0.4 is 5.73 Å². The van der Waals surface area contributed by atoms with Gasteiger partial charge in [-0.15, -0.1) is 12.4 Å². The molecule has 2 aliphatic rings. The van der Waals surface area contributed by atoms with Gasteiger partial charge in [0.05, 0.1) is 13.2 Å². The number of halogens is 3. The molecule has 2 N–H and O–H groups in total. The normalized spacial score (nSPS) is 30.8. The average molecular weight is 341 g/mol. The molecule has 22 heavy (non-hydrogen) atoms. The van der Waals surface area contributed by atoms with E-state index in [4.69, 9.17) is 10.5 Å². The number of carbonyl (C=O) groups is 1. The predicted molar refractivity (Wildman–Crippen MR) is 83.2 cm³/mol. The van der Waals surface area contributed by atoms with E-state index in [1.807, 2.05) is 0 Å². The molecule has 0 aromatic carbocycles. The van der Waals surface area contributed by atoms with Crippen LogP contribution in [0.4, 0.5) is 8.78 Å². The van der Waals surface area contributed by atoms with Crippen LogP contribution in [-0.4, -0.2) is 50.1 Å². The number of fused-ring (bicyclic) bond motifs is 2. The van der Waals surface area contributed by atoms with Crippen molar-refractivity contribution in [1.29, 1.82) is 0 Å². The fraction of sp³-hybridized carbons (Fsp3) is 0.933. The van der Waals surface area contributed by atoms with Gasteiger partial charge in [-0.1, -0.05) is 6.42 Å². The quantitative estimate of drug-likeness (QED) is 0.807. The Morgan fingerprint density at radius 2 is 1.91 bits per heavy atom. The SMILES string of the molecule is COCCN(CC(F)F)C(=O)C1CC2CCCC(C1)C2N.Cl. The van der Waals surface area contributed by atoms with Gasteiger partial charge in [-0.25, -0.2) is 8.78 Å². The number of amides is 1. The van der Waals surface area contributed by atoms with Gasteiger partial charge in [-0.05, 0) is 37.5 Å². The van der Waals surface area contributed by atoms with E-state index in [1.54, 1.807) is 0 Å². The third kappa shape index (κ3) is 4.77. The molecule has 2 bridgehead atoms. The van der Waals surface area contributed by atoms with Gasteiger partial charge in [0.1, 0.15) is 0 Å². The Morgan fingerprint density at radius 1 is 1.32 bits per heavy atom. The zero-order valence-electron chi connectivity index (χ0n) is 13.0. The standard InChI is InChI=1S/C15H26F2N2O2.ClH/c1-21-6-5-19(9-13(16)17)15(20)12-7-10-3-2-4-11(8-12)14(10)18;/h10-14H,2-9,18H2,1H3;1H. The zero-order chi connectivity index (χ0) is 15.4. The molecule has 1 amide bonds. The first-order valence-corrected chi connectivity index (χ1v) is 7.84. The van der Waals surface area contributed by atoms with E-state index in [0.717, 1.165) is 25.7 Å². The lowest BCUT2D eigenvalue weighted by molar-refractivity contribution is -0.141. The molecule has 0 aliphatic heterocycles. The van der Waals surface area contributed by atoms with Gasteiger partial charge in [0, 0.05) is 25.6 Å². The van der Waals surface area contributed by atoms with Crippen molar-refractivity contribution in [2.45, 2.75) is 44.6 Å². The Labute approximate surface area is 137 Å². The zero-order valence-corrected chi connectivity index (χ0v) is 13.9. The highest BCUT2D eigenvalue weighted by molar-refractivity contribution is 5.85. The van der Waals surface area contributed by atoms with Crippen LogP contribution in [0.2, 0.25) is 0 Å². The summed E-state index contributed by atoms with van der Waals surface area (Å²) in [7, 11) is 1.51. The highest BCUT2D eigenvalue weighted by atomic mass is 35.5. The Bertz CT molecular complexity index is 346. The van der Waals surface area contributed by atoms with Crippen LogP contribution in [0.15, 0.2) is 0 Å². The lowest BCUT2D eigenvalue weighted by Crippen LogP contribution is -2.50. The molecule has 130 valence electrons. The summed E-state index contributed by atoms with van der Waals surface area (Å²) < 4.78 is 30.3. The second-order valence-electron chi connectivity index (χ2n) is 6.36. The van der Waals surface area contributed by atoms with E-state index in [9.17, 15) is 13.6 Å². The summed E-state index contributed by atoms with van der Waals surface area (Å²) in [5.74, 6) is 0.469. The van der Waals surface area contributed by atoms with Crippen LogP contribution in [0.3, 0.4) is 0 Å². The smallest absolute Gasteiger partial charge is 0.255 e. The molecular formula is C15H27ClF2N2O2. The highest BCUT2D eigenvalue weighted by Gasteiger charge is 2.41. The number of hydrogen-bond acceptors (Lipinski definition) is 3. The number of methoxy groups -OCH3 is 1. The van der Waals surface area contributed by atoms with Gasteiger partial charge in [-0.3, -0.25) is 4.79 Å². The molecule has 0 radical (unpaired) electrons. The minimum Gasteiger partial charge on any atom is -0.383 e. The molecule has 2 fully saturated rings. The molecule has 0 aromatic rings. The van der Waals surface area contributed by atoms with Crippen LogP contribution in [0.25, 0.3) is 0 Å². The third-order valence-corrected chi connectivity index (χ3v) is 5.00. The van der Waals surface area contributed by atoms with Crippen LogP contribution in [0, 0.1) is 17.8 Å². The number of carbonyl (C=O) groups excluding carboxylic acids is 1. The van der Waals surface area contributed by atoms with Crippen molar-refractivity contribution in [3.05, 3.63) is 0 Å². The molecule has 2 unspecified atom stereocenters. The summed E-state index contributed by atoms with van der Waals surface area (Å²) >= 11 is 0. The molecule has 0 heterocycles. The van der Waals surface area contributed by atoms with Crippen molar-refractivity contribution in [3.63, 3.8) is 0 Å². The summed E-state index contributed by atoms with van der Waals surface area (Å²) in [4.78, 5) is 13.8. The monoisotopic (exact) mass is 340 g/mol. The van der Waals surface area contributed by atoms with Crippen molar-refractivity contribution < 1.29 is 18.3 Å². The van der Waals surface area contributed by atoms with E-state index in [2.05, 4.69) is 0 Å². The second-order valence-corrected chi connectivity index (χ2v) is 6.36. The number of hydrogen-bond donors (Lipinski definition) is 1. The molecule has 2 rings (SSSR count). The molecule has 7 heteroatoms. The van der Waals surface area contributed by atoms with Crippen LogP contribution in [0.5, 0.6) is 0 Å². The number of alkyl halides is 2. The van der Waals surface area contributed by atoms with Crippen LogP contribution in [-0.2, 0) is 9.53 Å². The number of ether oxygens (including phenoxy) is 1. The minimum absolute atomic E-state index is 0. The summed E-state index contributed by atoms with van der Waals surface area (Å²) in [6, 6.07) is 0.185. The van der Waals surface area contributed by atoms with E-state index >= 15 is 0 Å². The molecular weight excluding hydrogens is 314 g/mol. The van der Waals surface area contributed by atoms with Gasteiger partial charge in [0.2, 0.25) is 5.91 Å². The number of rotatable bonds is 6. The number of nitrogens with two attached hydrogens (primary N) is 1. The molecule has 0 spiro atoms. The summed E-state index contributed by atoms with van der Waals surface area (Å²) in [5.41, 5.74) is 6.22. The van der Waals surface area contributed by atoms with Gasteiger partial charge in [-0.2, -0.15) is 0 Å². The van der Waals surface area contributed by atoms with Gasteiger partial charge in [0.15, 0.2) is 0 Å². The van der Waals surface area contributed by atoms with Crippen molar-refractivity contribution in [2.75, 3.05) is 26.8 Å². The fourth-order valence-corrected chi connectivity index (χ4v) is 3.91. The minimum atomic E-state index is -2.50. The molecule has 2 aliphatic carbocycles. The molecule has 2 saturated carbocycles. The largest absolute Gasteiger partial charge is 0.383 e. The Hall–Kier alpha value is -0.460.